The second kappa shape index (κ2) is 6.33. The molecule has 0 radical (unpaired) electrons. The van der Waals surface area contributed by atoms with Crippen LogP contribution in [0.15, 0.2) is 97.1 Å². The Morgan fingerprint density at radius 3 is 2.11 bits per heavy atom. The molecule has 4 aromatic carbocycles. The van der Waals surface area contributed by atoms with Gasteiger partial charge in [-0.2, -0.15) is 0 Å². The van der Waals surface area contributed by atoms with E-state index >= 15 is 0 Å². The van der Waals surface area contributed by atoms with Crippen LogP contribution in [0, 0.1) is 0 Å². The molecule has 0 aliphatic carbocycles. The first kappa shape index (κ1) is 15.7. The zero-order valence-electron chi connectivity index (χ0n) is 15.0. The van der Waals surface area contributed by atoms with Crippen LogP contribution < -0.4 is 5.73 Å². The maximum absolute atomic E-state index is 6.11. The Balaban J connectivity index is 1.75. The summed E-state index contributed by atoms with van der Waals surface area (Å²) >= 11 is 0. The number of nitrogen functional groups attached to an aromatic ring is 1. The highest BCUT2D eigenvalue weighted by Crippen LogP contribution is 2.34. The summed E-state index contributed by atoms with van der Waals surface area (Å²) < 4.78 is 2.30. The molecule has 0 amide bonds. The molecule has 2 nitrogen and oxygen atoms in total. The van der Waals surface area contributed by atoms with E-state index in [0.717, 1.165) is 23.3 Å². The molecule has 0 saturated carbocycles. The number of anilines is 1. The highest BCUT2D eigenvalue weighted by Gasteiger charge is 2.13. The second-order valence-corrected chi connectivity index (χ2v) is 6.96. The maximum Gasteiger partial charge on any atom is 0.0561 e. The fraction of sp³-hybridized carbons (Fsp3) is 0.0400. The molecule has 0 fully saturated rings. The molecule has 0 aliphatic heterocycles. The second-order valence-electron chi connectivity index (χ2n) is 6.96. The monoisotopic (exact) mass is 348 g/mol. The van der Waals surface area contributed by atoms with Gasteiger partial charge in [0.1, 0.15) is 0 Å². The van der Waals surface area contributed by atoms with Crippen molar-refractivity contribution in [1.82, 2.24) is 4.57 Å². The van der Waals surface area contributed by atoms with Crippen molar-refractivity contribution in [2.75, 3.05) is 5.73 Å². The third-order valence-corrected chi connectivity index (χ3v) is 5.12. The van der Waals surface area contributed by atoms with Crippen molar-refractivity contribution >= 4 is 27.5 Å². The van der Waals surface area contributed by atoms with Crippen molar-refractivity contribution in [1.29, 1.82) is 0 Å². The van der Waals surface area contributed by atoms with E-state index in [9.17, 15) is 0 Å². The fourth-order valence-electron chi connectivity index (χ4n) is 3.88. The minimum atomic E-state index is 0.784. The van der Waals surface area contributed by atoms with Gasteiger partial charge in [-0.3, -0.25) is 0 Å². The molecule has 0 bridgehead atoms. The van der Waals surface area contributed by atoms with Gasteiger partial charge in [-0.05, 0) is 53.9 Å². The van der Waals surface area contributed by atoms with Gasteiger partial charge in [0.2, 0.25) is 0 Å². The van der Waals surface area contributed by atoms with E-state index in [4.69, 9.17) is 5.73 Å². The lowest BCUT2D eigenvalue weighted by atomic mass is 10.0. The molecular weight excluding hydrogens is 328 g/mol. The van der Waals surface area contributed by atoms with Crippen LogP contribution in [0.5, 0.6) is 0 Å². The molecule has 1 heterocycles. The number of fused-ring (bicyclic) bond motifs is 3. The van der Waals surface area contributed by atoms with Gasteiger partial charge in [0.15, 0.2) is 0 Å². The Morgan fingerprint density at radius 1 is 0.593 bits per heavy atom. The first-order chi connectivity index (χ1) is 13.3. The molecule has 27 heavy (non-hydrogen) atoms. The van der Waals surface area contributed by atoms with Gasteiger partial charge in [-0.25, -0.2) is 0 Å². The van der Waals surface area contributed by atoms with Gasteiger partial charge in [-0.15, -0.1) is 0 Å². The molecule has 2 N–H and O–H groups in total. The van der Waals surface area contributed by atoms with Gasteiger partial charge < -0.3 is 10.3 Å². The number of nitrogens with zero attached hydrogens (tertiary/aromatic N) is 1. The highest BCUT2D eigenvalue weighted by atomic mass is 15.0. The normalized spacial score (nSPS) is 11.3. The van der Waals surface area contributed by atoms with E-state index in [-0.39, 0.29) is 0 Å². The van der Waals surface area contributed by atoms with E-state index in [0.29, 0.717) is 0 Å². The molecule has 5 aromatic rings. The van der Waals surface area contributed by atoms with Crippen LogP contribution in [0.3, 0.4) is 0 Å². The molecule has 5 rings (SSSR count). The van der Waals surface area contributed by atoms with E-state index in [2.05, 4.69) is 89.5 Å². The largest absolute Gasteiger partial charge is 0.399 e. The lowest BCUT2D eigenvalue weighted by Gasteiger charge is -2.08. The third kappa shape index (κ3) is 2.76. The number of benzene rings is 4. The third-order valence-electron chi connectivity index (χ3n) is 5.12. The minimum Gasteiger partial charge on any atom is -0.399 e. The number of aromatic nitrogens is 1. The van der Waals surface area contributed by atoms with Crippen LogP contribution in [-0.2, 0) is 6.42 Å². The average molecular weight is 348 g/mol. The van der Waals surface area contributed by atoms with Crippen molar-refractivity contribution in [3.63, 3.8) is 0 Å². The van der Waals surface area contributed by atoms with Crippen molar-refractivity contribution in [3.8, 4) is 5.69 Å². The first-order valence-corrected chi connectivity index (χ1v) is 9.21. The summed E-state index contributed by atoms with van der Waals surface area (Å²) in [4.78, 5) is 0. The molecule has 0 atom stereocenters. The minimum absolute atomic E-state index is 0.784. The Bertz CT molecular complexity index is 1240. The summed E-state index contributed by atoms with van der Waals surface area (Å²) in [6, 6.07) is 34.1. The number of para-hydroxylation sites is 1. The Kier molecular flexibility index (Phi) is 3.68. The Labute approximate surface area is 158 Å². The standard InChI is InChI=1S/C25H20N2/c26-20-12-13-22-23-16-19(15-18-7-3-1-4-8-18)11-14-24(23)27(25(22)17-20)21-9-5-2-6-10-21/h1-14,16-17H,15,26H2. The number of rotatable bonds is 3. The predicted molar refractivity (Wildman–Crippen MR) is 114 cm³/mol. The number of hydrogen-bond donors (Lipinski definition) is 1. The molecule has 0 unspecified atom stereocenters. The van der Waals surface area contributed by atoms with Crippen LogP contribution in [0.1, 0.15) is 11.1 Å². The van der Waals surface area contributed by atoms with Gasteiger partial charge in [0, 0.05) is 22.1 Å². The fourth-order valence-corrected chi connectivity index (χ4v) is 3.88. The lowest BCUT2D eigenvalue weighted by molar-refractivity contribution is 1.17. The number of hydrogen-bond acceptors (Lipinski definition) is 1. The topological polar surface area (TPSA) is 30.9 Å². The summed E-state index contributed by atoms with van der Waals surface area (Å²) in [5, 5.41) is 2.50. The van der Waals surface area contributed by atoms with Crippen LogP contribution in [0.25, 0.3) is 27.5 Å². The van der Waals surface area contributed by atoms with E-state index in [1.54, 1.807) is 0 Å². The van der Waals surface area contributed by atoms with Crippen LogP contribution in [-0.4, -0.2) is 4.57 Å². The van der Waals surface area contributed by atoms with E-state index in [1.807, 2.05) is 12.1 Å². The van der Waals surface area contributed by atoms with Crippen molar-refractivity contribution in [2.45, 2.75) is 6.42 Å². The summed E-state index contributed by atoms with van der Waals surface area (Å²) in [7, 11) is 0. The van der Waals surface area contributed by atoms with Crippen LogP contribution in [0.4, 0.5) is 5.69 Å². The summed E-state index contributed by atoms with van der Waals surface area (Å²) in [5.74, 6) is 0. The van der Waals surface area contributed by atoms with Crippen molar-refractivity contribution < 1.29 is 0 Å². The van der Waals surface area contributed by atoms with Crippen LogP contribution in [0.2, 0.25) is 0 Å². The molecule has 0 spiro atoms. The molecule has 130 valence electrons. The van der Waals surface area contributed by atoms with E-state index < -0.39 is 0 Å². The van der Waals surface area contributed by atoms with Gasteiger partial charge >= 0.3 is 0 Å². The zero-order valence-corrected chi connectivity index (χ0v) is 15.0. The van der Waals surface area contributed by atoms with Crippen molar-refractivity contribution in [3.05, 3.63) is 108 Å². The quantitative estimate of drug-likeness (QED) is 0.401. The number of nitrogens with two attached hydrogens (primary N) is 1. The van der Waals surface area contributed by atoms with Gasteiger partial charge in [0.25, 0.3) is 0 Å². The van der Waals surface area contributed by atoms with Crippen molar-refractivity contribution in [2.24, 2.45) is 0 Å². The molecular formula is C25H20N2. The maximum atomic E-state index is 6.11. The average Bonchev–Trinajstić information content (AvgIpc) is 3.02. The van der Waals surface area contributed by atoms with Gasteiger partial charge in [-0.1, -0.05) is 60.7 Å². The predicted octanol–water partition coefficient (Wildman–Crippen LogP) is 5.96. The molecule has 1 aromatic heterocycles. The highest BCUT2D eigenvalue weighted by molar-refractivity contribution is 6.10. The summed E-state index contributed by atoms with van der Waals surface area (Å²) in [5.41, 5.74) is 13.0. The first-order valence-electron chi connectivity index (χ1n) is 9.21. The molecule has 0 aliphatic rings. The van der Waals surface area contributed by atoms with Crippen LogP contribution >= 0.6 is 0 Å². The summed E-state index contributed by atoms with van der Waals surface area (Å²) in [6.45, 7) is 0. The van der Waals surface area contributed by atoms with Gasteiger partial charge in [0.05, 0.1) is 11.0 Å². The lowest BCUT2D eigenvalue weighted by Crippen LogP contribution is -1.94. The smallest absolute Gasteiger partial charge is 0.0561 e. The SMILES string of the molecule is Nc1ccc2c3cc(Cc4ccccc4)ccc3n(-c3ccccc3)c2c1. The van der Waals surface area contributed by atoms with E-state index in [1.165, 1.54) is 27.4 Å². The molecule has 2 heteroatoms. The summed E-state index contributed by atoms with van der Waals surface area (Å²) in [6.07, 6.45) is 0.934. The Morgan fingerprint density at radius 2 is 1.33 bits per heavy atom. The molecule has 0 saturated heterocycles. The Hall–Kier alpha value is -3.52. The zero-order chi connectivity index (χ0) is 18.2.